The van der Waals surface area contributed by atoms with Crippen molar-refractivity contribution in [1.29, 1.82) is 5.26 Å². The van der Waals surface area contributed by atoms with Gasteiger partial charge in [-0.15, -0.1) is 0 Å². The van der Waals surface area contributed by atoms with Crippen LogP contribution in [0.5, 0.6) is 0 Å². The number of rotatable bonds is 6. The van der Waals surface area contributed by atoms with Crippen LogP contribution in [0.3, 0.4) is 0 Å². The number of nitrogens with two attached hydrogens (primary N) is 2. The molecule has 8 atom stereocenters. The molecule has 21 nitrogen and oxygen atoms in total. The van der Waals surface area contributed by atoms with Gasteiger partial charge in [0.2, 0.25) is 0 Å². The van der Waals surface area contributed by atoms with E-state index in [9.17, 15) is 33.6 Å². The van der Waals surface area contributed by atoms with E-state index in [1.807, 2.05) is 0 Å². The molecule has 2 aliphatic rings. The fourth-order valence-corrected chi connectivity index (χ4v) is 5.06. The van der Waals surface area contributed by atoms with Gasteiger partial charge < -0.3 is 41.4 Å². The van der Waals surface area contributed by atoms with Crippen molar-refractivity contribution in [3.63, 3.8) is 0 Å². The zero-order chi connectivity index (χ0) is 35.4. The fourth-order valence-electron chi connectivity index (χ4n) is 5.06. The minimum Gasteiger partial charge on any atom is -0.393 e. The third kappa shape index (κ3) is 6.51. The molecule has 6 heterocycles. The minimum atomic E-state index is -2.21. The van der Waals surface area contributed by atoms with E-state index in [2.05, 4.69) is 40.2 Å². The van der Waals surface area contributed by atoms with Crippen LogP contribution in [0.25, 0.3) is 31.9 Å². The molecule has 0 radical (unpaired) electrons. The molecule has 0 spiro atoms. The van der Waals surface area contributed by atoms with Crippen LogP contribution in [-0.4, -0.2) is 98.8 Å². The Hall–Kier alpha value is -5.50. The van der Waals surface area contributed by atoms with E-state index >= 15 is 0 Å². The molecule has 8 N–H and O–H groups in total. The maximum absolute atomic E-state index is 14.4. The second-order valence-corrected chi connectivity index (χ2v) is 9.99. The smallest absolute Gasteiger partial charge is 0.199 e. The number of aliphatic hydroxyl groups is 4. The molecule has 2 fully saturated rings. The number of halogens is 3. The van der Waals surface area contributed by atoms with Gasteiger partial charge in [-0.05, 0) is 23.2 Å². The van der Waals surface area contributed by atoms with E-state index in [1.54, 1.807) is 12.1 Å². The molecular weight excluding hydrogens is 663 g/mol. The summed E-state index contributed by atoms with van der Waals surface area (Å²) >= 11 is 0. The number of anilines is 2. The van der Waals surface area contributed by atoms with Crippen LogP contribution < -0.4 is 11.5 Å². The Morgan fingerprint density at radius 2 is 1.41 bits per heavy atom. The lowest BCUT2D eigenvalue weighted by atomic mass is 10.0. The third-order valence-corrected chi connectivity index (χ3v) is 7.31. The normalized spacial score (nSPS) is 28.6. The predicted molar refractivity (Wildman–Crippen MR) is 160 cm³/mol. The summed E-state index contributed by atoms with van der Waals surface area (Å²) in [5.74, 6) is -0.784. The highest BCUT2D eigenvalue weighted by Gasteiger charge is 2.57. The van der Waals surface area contributed by atoms with Crippen LogP contribution in [0.2, 0.25) is 0 Å². The van der Waals surface area contributed by atoms with Crippen molar-refractivity contribution >= 4 is 22.7 Å². The van der Waals surface area contributed by atoms with Gasteiger partial charge in [-0.25, -0.2) is 32.2 Å². The van der Waals surface area contributed by atoms with Crippen LogP contribution in [-0.2, 0) is 9.47 Å². The topological polar surface area (TPSA) is 333 Å². The van der Waals surface area contributed by atoms with Gasteiger partial charge in [-0.3, -0.25) is 0 Å². The quantitative estimate of drug-likeness (QED) is 0.0947. The first-order chi connectivity index (χ1) is 22.9. The van der Waals surface area contributed by atoms with Gasteiger partial charge in [0.15, 0.2) is 41.2 Å². The Morgan fingerprint density at radius 1 is 0.939 bits per heavy atom. The second kappa shape index (κ2) is 15.2. The minimum absolute atomic E-state index is 0. The lowest BCUT2D eigenvalue weighted by Gasteiger charge is -2.23. The highest BCUT2D eigenvalue weighted by Crippen LogP contribution is 2.44. The summed E-state index contributed by atoms with van der Waals surface area (Å²) in [6.07, 6.45) is -8.37. The monoisotopic (exact) mass is 693 g/mol. The molecule has 0 unspecified atom stereocenters. The molecule has 24 heteroatoms. The highest BCUT2D eigenvalue weighted by molar-refractivity contribution is 5.67. The molecule has 262 valence electrons. The standard InChI is InChI=1S/C11H11F2N7O3.C11H12FN7O3.C2H3N.CH4/c12-4-1-5(20-7(4)10(14)16-3-17-20)8-6(13)9(22)11(2-21,23-8)18-19-15;12-7-8(22-11(3-20,9(7)21)17-18-14)5-1-2-6-10(13)15-4-16-19(5)6;1-2-3;/h1,3,6,8-9,21-22H,2H2,(H2,14,16,17);1-2,4,7-9,20-21H,3H2,(H2,13,15,16);1H3;1H4/t6-,8-,9-,11+;7-,8-,9-,11+;;/m00../s1. The first-order valence-electron chi connectivity index (χ1n) is 13.4. The lowest BCUT2D eigenvalue weighted by Crippen LogP contribution is -2.43. The van der Waals surface area contributed by atoms with Crippen LogP contribution in [0.1, 0.15) is 37.9 Å². The van der Waals surface area contributed by atoms with E-state index < -0.39 is 67.2 Å². The van der Waals surface area contributed by atoms with Crippen molar-refractivity contribution in [3.8, 4) is 6.07 Å². The average Bonchev–Trinajstić information content (AvgIpc) is 3.78. The summed E-state index contributed by atoms with van der Waals surface area (Å²) in [6, 6.07) is 5.75. The Labute approximate surface area is 273 Å². The number of nitriles is 1. The second-order valence-electron chi connectivity index (χ2n) is 9.99. The Kier molecular flexibility index (Phi) is 11.7. The molecule has 0 aromatic carbocycles. The average molecular weight is 694 g/mol. The highest BCUT2D eigenvalue weighted by atomic mass is 19.1. The number of aliphatic hydroxyl groups excluding tert-OH is 4. The molecule has 0 amide bonds. The van der Waals surface area contributed by atoms with E-state index in [1.165, 1.54) is 23.8 Å². The maximum atomic E-state index is 14.4. The summed E-state index contributed by atoms with van der Waals surface area (Å²) in [5.41, 5.74) is 24.4. The number of azide groups is 2. The Bertz CT molecular complexity index is 1930. The lowest BCUT2D eigenvalue weighted by molar-refractivity contribution is -0.108. The fraction of sp³-hybridized carbons (Fsp3) is 0.480. The number of ether oxygens (including phenoxy) is 2. The van der Waals surface area contributed by atoms with Crippen molar-refractivity contribution in [2.24, 2.45) is 10.2 Å². The van der Waals surface area contributed by atoms with Crippen molar-refractivity contribution in [2.75, 3.05) is 24.7 Å². The zero-order valence-electron chi connectivity index (χ0n) is 24.5. The van der Waals surface area contributed by atoms with Gasteiger partial charge in [0.1, 0.15) is 48.1 Å². The molecule has 4 aromatic rings. The van der Waals surface area contributed by atoms with Crippen LogP contribution in [0.4, 0.5) is 24.8 Å². The van der Waals surface area contributed by atoms with Crippen LogP contribution in [0.15, 0.2) is 41.1 Å². The predicted octanol–water partition coefficient (Wildman–Crippen LogP) is 1.47. The van der Waals surface area contributed by atoms with Gasteiger partial charge in [-0.1, -0.05) is 17.7 Å². The number of fused-ring (bicyclic) bond motifs is 2. The van der Waals surface area contributed by atoms with Crippen molar-refractivity contribution in [3.05, 3.63) is 68.9 Å². The number of nitrogen functional groups attached to an aromatic ring is 2. The van der Waals surface area contributed by atoms with E-state index in [-0.39, 0.29) is 36.0 Å². The molecule has 49 heavy (non-hydrogen) atoms. The molecule has 0 saturated carbocycles. The van der Waals surface area contributed by atoms with E-state index in [0.29, 0.717) is 5.52 Å². The number of nitrogens with zero attached hydrogens (tertiary/aromatic N) is 13. The molecule has 0 aliphatic carbocycles. The van der Waals surface area contributed by atoms with Crippen molar-refractivity contribution in [2.45, 2.75) is 62.6 Å². The van der Waals surface area contributed by atoms with Crippen LogP contribution >= 0.6 is 0 Å². The largest absolute Gasteiger partial charge is 0.393 e. The van der Waals surface area contributed by atoms with Gasteiger partial charge in [0.05, 0.1) is 30.7 Å². The molecular formula is C25H30F3N15O6. The number of hydrogen-bond donors (Lipinski definition) is 6. The summed E-state index contributed by atoms with van der Waals surface area (Å²) < 4.78 is 55.7. The molecule has 2 saturated heterocycles. The van der Waals surface area contributed by atoms with Gasteiger partial charge in [0.25, 0.3) is 0 Å². The third-order valence-electron chi connectivity index (χ3n) is 7.31. The summed E-state index contributed by atoms with van der Waals surface area (Å²) in [6.45, 7) is -0.395. The van der Waals surface area contributed by atoms with E-state index in [0.717, 1.165) is 16.9 Å². The van der Waals surface area contributed by atoms with Crippen molar-refractivity contribution in [1.82, 2.24) is 29.2 Å². The first kappa shape index (κ1) is 38.0. The first-order valence-corrected chi connectivity index (χ1v) is 13.4. The van der Waals surface area contributed by atoms with Crippen LogP contribution in [0, 0.1) is 17.1 Å². The zero-order valence-corrected chi connectivity index (χ0v) is 24.5. The Morgan fingerprint density at radius 3 is 1.90 bits per heavy atom. The Balaban J connectivity index is 0.000000241. The summed E-state index contributed by atoms with van der Waals surface area (Å²) in [7, 11) is 0. The summed E-state index contributed by atoms with van der Waals surface area (Å²) in [5, 5.41) is 59.9. The number of alkyl halides is 2. The molecule has 0 bridgehead atoms. The van der Waals surface area contributed by atoms with Crippen molar-refractivity contribution < 1.29 is 43.1 Å². The maximum Gasteiger partial charge on any atom is 0.199 e. The SMILES string of the molecule is C.CC#N.[N-]=[N+]=N[C@]1(CO)O[C@@H](c2cc(F)c3c(N)ncnn23)[C@H](F)[C@@H]1O.[N-]=[N+]=N[C@]1(CO)O[C@@H](c2ccc3c(N)ncnn23)[C@H](F)[C@@H]1O. The van der Waals surface area contributed by atoms with Gasteiger partial charge >= 0.3 is 0 Å². The number of aromatic nitrogens is 6. The van der Waals surface area contributed by atoms with Gasteiger partial charge in [-0.2, -0.15) is 15.5 Å². The molecule has 4 aromatic heterocycles. The van der Waals surface area contributed by atoms with Gasteiger partial charge in [0, 0.05) is 22.8 Å². The number of hydrogen-bond acceptors (Lipinski definition) is 15. The van der Waals surface area contributed by atoms with E-state index in [4.69, 9.17) is 37.3 Å². The molecule has 6 rings (SSSR count). The molecule has 2 aliphatic heterocycles. The summed E-state index contributed by atoms with van der Waals surface area (Å²) in [4.78, 5) is 12.4.